The van der Waals surface area contributed by atoms with Gasteiger partial charge in [0.1, 0.15) is 5.60 Å². The topological polar surface area (TPSA) is 58.6 Å². The van der Waals surface area contributed by atoms with Gasteiger partial charge in [0.15, 0.2) is 5.82 Å². The van der Waals surface area contributed by atoms with Gasteiger partial charge in [0.2, 0.25) is 0 Å². The van der Waals surface area contributed by atoms with Gasteiger partial charge in [-0.1, -0.05) is 27.5 Å². The number of anilines is 1. The van der Waals surface area contributed by atoms with Crippen molar-refractivity contribution in [2.24, 2.45) is 0 Å². The summed E-state index contributed by atoms with van der Waals surface area (Å²) in [7, 11) is 0. The van der Waals surface area contributed by atoms with Gasteiger partial charge >= 0.3 is 6.09 Å². The Labute approximate surface area is 160 Å². The molecule has 134 valence electrons. The van der Waals surface area contributed by atoms with E-state index in [1.54, 1.807) is 4.90 Å². The van der Waals surface area contributed by atoms with E-state index in [4.69, 9.17) is 16.3 Å². The molecular weight excluding hydrogens is 408 g/mol. The third-order valence-corrected chi connectivity index (χ3v) is 4.74. The molecule has 3 rings (SSSR count). The molecule has 1 aromatic carbocycles. The van der Waals surface area contributed by atoms with Gasteiger partial charge in [-0.05, 0) is 39.0 Å². The smallest absolute Gasteiger partial charge is 0.410 e. The number of hydrogen-bond acceptors (Lipinski definition) is 5. The number of rotatable bonds is 1. The molecule has 1 amide bonds. The molecule has 1 aliphatic rings. The minimum absolute atomic E-state index is 0.285. The minimum Gasteiger partial charge on any atom is -0.444 e. The van der Waals surface area contributed by atoms with E-state index in [1.807, 2.05) is 39.0 Å². The van der Waals surface area contributed by atoms with E-state index in [0.29, 0.717) is 37.0 Å². The second kappa shape index (κ2) is 6.96. The van der Waals surface area contributed by atoms with Crippen LogP contribution in [0.25, 0.3) is 10.9 Å². The van der Waals surface area contributed by atoms with Gasteiger partial charge in [-0.25, -0.2) is 4.79 Å². The van der Waals surface area contributed by atoms with Gasteiger partial charge in [0.05, 0.1) is 10.5 Å². The summed E-state index contributed by atoms with van der Waals surface area (Å²) in [6.07, 6.45) is -0.285. The number of fused-ring (bicyclic) bond motifs is 1. The van der Waals surface area contributed by atoms with Crippen LogP contribution in [-0.2, 0) is 4.74 Å². The maximum Gasteiger partial charge on any atom is 0.410 e. The predicted octanol–water partition coefficient (Wildman–Crippen LogP) is 4.10. The number of carbonyl (C=O) groups is 1. The van der Waals surface area contributed by atoms with E-state index >= 15 is 0 Å². The van der Waals surface area contributed by atoms with Crippen molar-refractivity contribution in [2.75, 3.05) is 31.1 Å². The Bertz CT molecular complexity index is 801. The molecule has 1 fully saturated rings. The molecule has 1 saturated heterocycles. The lowest BCUT2D eigenvalue weighted by Gasteiger charge is -2.36. The summed E-state index contributed by atoms with van der Waals surface area (Å²) in [5, 5.41) is 10.0. The van der Waals surface area contributed by atoms with Crippen LogP contribution in [0.15, 0.2) is 22.7 Å². The van der Waals surface area contributed by atoms with Gasteiger partial charge in [-0.3, -0.25) is 0 Å². The number of ether oxygens (including phenoxy) is 1. The molecule has 0 saturated carbocycles. The van der Waals surface area contributed by atoms with E-state index in [9.17, 15) is 4.79 Å². The highest BCUT2D eigenvalue weighted by Crippen LogP contribution is 2.32. The summed E-state index contributed by atoms with van der Waals surface area (Å²) in [5.74, 6) is 0.653. The Morgan fingerprint density at radius 3 is 2.52 bits per heavy atom. The molecule has 2 heterocycles. The minimum atomic E-state index is -0.490. The first-order chi connectivity index (χ1) is 11.7. The van der Waals surface area contributed by atoms with E-state index < -0.39 is 5.60 Å². The summed E-state index contributed by atoms with van der Waals surface area (Å²) in [6, 6.07) is 5.75. The molecular formula is C17H20BrClN4O2. The highest BCUT2D eigenvalue weighted by Gasteiger charge is 2.27. The quantitative estimate of drug-likeness (QED) is 0.686. The van der Waals surface area contributed by atoms with Crippen LogP contribution in [0.1, 0.15) is 20.8 Å². The summed E-state index contributed by atoms with van der Waals surface area (Å²) in [4.78, 5) is 15.9. The van der Waals surface area contributed by atoms with Crippen molar-refractivity contribution >= 4 is 50.3 Å². The monoisotopic (exact) mass is 426 g/mol. The summed E-state index contributed by atoms with van der Waals surface area (Å²) in [6.45, 7) is 7.99. The molecule has 2 aromatic rings. The van der Waals surface area contributed by atoms with Crippen molar-refractivity contribution in [1.29, 1.82) is 0 Å². The molecule has 0 spiro atoms. The lowest BCUT2D eigenvalue weighted by molar-refractivity contribution is 0.0240. The molecule has 0 N–H and O–H groups in total. The van der Waals surface area contributed by atoms with Crippen molar-refractivity contribution in [3.8, 4) is 0 Å². The van der Waals surface area contributed by atoms with Gasteiger partial charge in [0, 0.05) is 36.0 Å². The van der Waals surface area contributed by atoms with Crippen LogP contribution >= 0.6 is 27.5 Å². The largest absolute Gasteiger partial charge is 0.444 e. The number of benzene rings is 1. The zero-order valence-corrected chi connectivity index (χ0v) is 16.8. The van der Waals surface area contributed by atoms with Gasteiger partial charge in [0.25, 0.3) is 0 Å². The average Bonchev–Trinajstić information content (AvgIpc) is 2.53. The van der Waals surface area contributed by atoms with Crippen LogP contribution in [0.2, 0.25) is 5.02 Å². The summed E-state index contributed by atoms with van der Waals surface area (Å²) < 4.78 is 6.36. The van der Waals surface area contributed by atoms with E-state index in [1.165, 1.54) is 0 Å². The van der Waals surface area contributed by atoms with E-state index in [0.717, 1.165) is 15.4 Å². The highest BCUT2D eigenvalue weighted by atomic mass is 79.9. The number of carbonyl (C=O) groups excluding carboxylic acids is 1. The molecule has 0 aliphatic carbocycles. The second-order valence-electron chi connectivity index (χ2n) is 6.95. The zero-order chi connectivity index (χ0) is 18.2. The molecule has 0 radical (unpaired) electrons. The molecule has 0 atom stereocenters. The second-order valence-corrected chi connectivity index (χ2v) is 8.25. The lowest BCUT2D eigenvalue weighted by atomic mass is 10.2. The number of halogens is 2. The predicted molar refractivity (Wildman–Crippen MR) is 102 cm³/mol. The van der Waals surface area contributed by atoms with Gasteiger partial charge in [-0.15, -0.1) is 10.2 Å². The lowest BCUT2D eigenvalue weighted by Crippen LogP contribution is -2.50. The van der Waals surface area contributed by atoms with Crippen molar-refractivity contribution in [1.82, 2.24) is 15.1 Å². The molecule has 1 aliphatic heterocycles. The third kappa shape index (κ3) is 4.15. The fourth-order valence-corrected chi connectivity index (χ4v) is 3.33. The summed E-state index contributed by atoms with van der Waals surface area (Å²) >= 11 is 9.97. The molecule has 0 unspecified atom stereocenters. The van der Waals surface area contributed by atoms with Gasteiger partial charge in [-0.2, -0.15) is 0 Å². The Morgan fingerprint density at radius 1 is 1.20 bits per heavy atom. The SMILES string of the molecule is CC(C)(C)OC(=O)N1CCN(c2nnc3cc(Br)ccc3c2Cl)CC1. The van der Waals surface area contributed by atoms with E-state index in [-0.39, 0.29) is 6.09 Å². The molecule has 8 heteroatoms. The normalized spacial score (nSPS) is 15.6. The molecule has 25 heavy (non-hydrogen) atoms. The van der Waals surface area contributed by atoms with Crippen molar-refractivity contribution in [3.05, 3.63) is 27.7 Å². The highest BCUT2D eigenvalue weighted by molar-refractivity contribution is 9.10. The van der Waals surface area contributed by atoms with Crippen molar-refractivity contribution in [3.63, 3.8) is 0 Å². The maximum absolute atomic E-state index is 12.2. The number of amides is 1. The molecule has 1 aromatic heterocycles. The molecule has 0 bridgehead atoms. The van der Waals surface area contributed by atoms with Crippen molar-refractivity contribution in [2.45, 2.75) is 26.4 Å². The third-order valence-electron chi connectivity index (χ3n) is 3.88. The fraction of sp³-hybridized carbons (Fsp3) is 0.471. The van der Waals surface area contributed by atoms with Crippen LogP contribution in [0.5, 0.6) is 0 Å². The van der Waals surface area contributed by atoms with E-state index in [2.05, 4.69) is 31.0 Å². The Balaban J connectivity index is 1.73. The van der Waals surface area contributed by atoms with Crippen LogP contribution in [0, 0.1) is 0 Å². The van der Waals surface area contributed by atoms with Crippen LogP contribution < -0.4 is 4.90 Å². The maximum atomic E-state index is 12.2. The van der Waals surface area contributed by atoms with Crippen molar-refractivity contribution < 1.29 is 9.53 Å². The number of aromatic nitrogens is 2. The number of nitrogens with zero attached hydrogens (tertiary/aromatic N) is 4. The number of piperazine rings is 1. The van der Waals surface area contributed by atoms with Crippen LogP contribution in [-0.4, -0.2) is 53.0 Å². The van der Waals surface area contributed by atoms with Crippen LogP contribution in [0.3, 0.4) is 0 Å². The first-order valence-corrected chi connectivity index (χ1v) is 9.26. The molecule has 6 nitrogen and oxygen atoms in total. The standard InChI is InChI=1S/C17H20BrClN4O2/c1-17(2,3)25-16(24)23-8-6-22(7-9-23)15-14(19)12-5-4-11(18)10-13(12)20-21-15/h4-5,10H,6-9H2,1-3H3. The fourth-order valence-electron chi connectivity index (χ4n) is 2.67. The Kier molecular flexibility index (Phi) is 5.06. The average molecular weight is 428 g/mol. The Morgan fingerprint density at radius 2 is 1.88 bits per heavy atom. The first-order valence-electron chi connectivity index (χ1n) is 8.09. The Hall–Kier alpha value is -1.60. The first kappa shape index (κ1) is 18.2. The van der Waals surface area contributed by atoms with Gasteiger partial charge < -0.3 is 14.5 Å². The zero-order valence-electron chi connectivity index (χ0n) is 14.4. The van der Waals surface area contributed by atoms with Crippen LogP contribution in [0.4, 0.5) is 10.6 Å². The summed E-state index contributed by atoms with van der Waals surface area (Å²) in [5.41, 5.74) is 0.255. The number of hydrogen-bond donors (Lipinski definition) is 0.